The maximum Gasteiger partial charge on any atom is 0.339 e. The van der Waals surface area contributed by atoms with Crippen LogP contribution in [0.1, 0.15) is 33.5 Å². The summed E-state index contributed by atoms with van der Waals surface area (Å²) in [4.78, 5) is 11.3. The molecular formula is C11H9F2NO3. The Kier molecular flexibility index (Phi) is 4.12. The molecule has 0 bridgehead atoms. The second kappa shape index (κ2) is 5.37. The van der Waals surface area contributed by atoms with Gasteiger partial charge in [0.2, 0.25) is 0 Å². The van der Waals surface area contributed by atoms with Gasteiger partial charge in [0.25, 0.3) is 6.43 Å². The largest absolute Gasteiger partial charge is 0.465 e. The van der Waals surface area contributed by atoms with Crippen LogP contribution in [-0.2, 0) is 11.3 Å². The fourth-order valence-corrected chi connectivity index (χ4v) is 1.37. The highest BCUT2D eigenvalue weighted by Crippen LogP contribution is 2.26. The first-order chi connectivity index (χ1) is 8.04. The Morgan fingerprint density at radius 1 is 1.59 bits per heavy atom. The zero-order valence-electron chi connectivity index (χ0n) is 8.91. The summed E-state index contributed by atoms with van der Waals surface area (Å²) >= 11 is 0. The number of esters is 1. The van der Waals surface area contributed by atoms with E-state index in [1.54, 1.807) is 6.07 Å². The molecule has 0 aliphatic carbocycles. The van der Waals surface area contributed by atoms with E-state index in [0.717, 1.165) is 19.2 Å². The second-order valence-electron chi connectivity index (χ2n) is 3.16. The summed E-state index contributed by atoms with van der Waals surface area (Å²) < 4.78 is 29.7. The lowest BCUT2D eigenvalue weighted by Crippen LogP contribution is -2.07. The Morgan fingerprint density at radius 2 is 2.24 bits per heavy atom. The summed E-state index contributed by atoms with van der Waals surface area (Å²) in [6.07, 6.45) is -2.84. The molecule has 1 rings (SSSR count). The van der Waals surface area contributed by atoms with E-state index in [1.807, 2.05) is 0 Å². The number of hydrogen-bond acceptors (Lipinski definition) is 4. The lowest BCUT2D eigenvalue weighted by Gasteiger charge is -2.10. The molecule has 0 unspecified atom stereocenters. The second-order valence-corrected chi connectivity index (χ2v) is 3.16. The molecule has 1 aromatic carbocycles. The van der Waals surface area contributed by atoms with Gasteiger partial charge in [0.15, 0.2) is 0 Å². The molecule has 90 valence electrons. The van der Waals surface area contributed by atoms with Crippen LogP contribution in [0.3, 0.4) is 0 Å². The molecule has 0 aromatic heterocycles. The van der Waals surface area contributed by atoms with Crippen LogP contribution in [0.25, 0.3) is 0 Å². The number of benzene rings is 1. The first-order valence-electron chi connectivity index (χ1n) is 4.59. The molecule has 0 fully saturated rings. The number of nitriles is 1. The van der Waals surface area contributed by atoms with Crippen molar-refractivity contribution in [2.24, 2.45) is 0 Å². The molecule has 1 N–H and O–H groups in total. The molecule has 0 atom stereocenters. The first kappa shape index (κ1) is 13.1. The van der Waals surface area contributed by atoms with E-state index in [9.17, 15) is 13.6 Å². The van der Waals surface area contributed by atoms with Crippen LogP contribution < -0.4 is 0 Å². The maximum atomic E-state index is 12.7. The summed E-state index contributed by atoms with van der Waals surface area (Å²) in [6, 6.07) is 3.63. The van der Waals surface area contributed by atoms with Crippen LogP contribution in [-0.4, -0.2) is 18.2 Å². The van der Waals surface area contributed by atoms with Crippen LogP contribution in [0.4, 0.5) is 8.78 Å². The van der Waals surface area contributed by atoms with E-state index >= 15 is 0 Å². The van der Waals surface area contributed by atoms with E-state index < -0.39 is 24.6 Å². The van der Waals surface area contributed by atoms with Gasteiger partial charge in [0.05, 0.1) is 24.8 Å². The van der Waals surface area contributed by atoms with Gasteiger partial charge in [0.1, 0.15) is 6.07 Å². The number of carbonyl (C=O) groups excluding carboxylic acids is 1. The minimum atomic E-state index is -2.84. The molecule has 0 spiro atoms. The predicted molar refractivity (Wildman–Crippen MR) is 53.4 cm³/mol. The average Bonchev–Trinajstić information content (AvgIpc) is 2.35. The van der Waals surface area contributed by atoms with Gasteiger partial charge in [-0.2, -0.15) is 5.26 Å². The van der Waals surface area contributed by atoms with Crippen molar-refractivity contribution in [3.8, 4) is 6.07 Å². The van der Waals surface area contributed by atoms with Crippen molar-refractivity contribution in [2.45, 2.75) is 13.0 Å². The van der Waals surface area contributed by atoms with Gasteiger partial charge < -0.3 is 9.84 Å². The van der Waals surface area contributed by atoms with Crippen molar-refractivity contribution in [2.75, 3.05) is 7.11 Å². The summed E-state index contributed by atoms with van der Waals surface area (Å²) in [5.41, 5.74) is -0.899. The number of rotatable bonds is 3. The number of aliphatic hydroxyl groups is 1. The summed E-state index contributed by atoms with van der Waals surface area (Å²) in [5.74, 6) is -0.868. The molecule has 0 saturated carbocycles. The Balaban J connectivity index is 3.45. The normalized spacial score (nSPS) is 10.1. The molecule has 6 heteroatoms. The van der Waals surface area contributed by atoms with Crippen molar-refractivity contribution in [3.63, 3.8) is 0 Å². The fourth-order valence-electron chi connectivity index (χ4n) is 1.37. The molecule has 0 aliphatic heterocycles. The minimum Gasteiger partial charge on any atom is -0.465 e. The zero-order valence-corrected chi connectivity index (χ0v) is 8.91. The van der Waals surface area contributed by atoms with Crippen molar-refractivity contribution >= 4 is 5.97 Å². The lowest BCUT2D eigenvalue weighted by molar-refractivity contribution is 0.0599. The van der Waals surface area contributed by atoms with Crippen LogP contribution in [0.15, 0.2) is 12.1 Å². The zero-order chi connectivity index (χ0) is 13.0. The van der Waals surface area contributed by atoms with Crippen molar-refractivity contribution in [1.29, 1.82) is 5.26 Å². The Morgan fingerprint density at radius 3 is 2.65 bits per heavy atom. The summed E-state index contributed by atoms with van der Waals surface area (Å²) in [6.45, 7) is -0.629. The molecule has 0 aliphatic rings. The third kappa shape index (κ3) is 2.57. The molecular weight excluding hydrogens is 232 g/mol. The number of halogens is 2. The SMILES string of the molecule is COC(=O)c1cc(C(F)F)c(CO)cc1C#N. The number of aliphatic hydroxyl groups excluding tert-OH is 1. The van der Waals surface area contributed by atoms with Gasteiger partial charge >= 0.3 is 5.97 Å². The van der Waals surface area contributed by atoms with Gasteiger partial charge in [-0.15, -0.1) is 0 Å². The lowest BCUT2D eigenvalue weighted by atomic mass is 9.99. The van der Waals surface area contributed by atoms with Gasteiger partial charge in [-0.3, -0.25) is 0 Å². The van der Waals surface area contributed by atoms with Gasteiger partial charge in [0, 0.05) is 5.56 Å². The van der Waals surface area contributed by atoms with E-state index in [1.165, 1.54) is 0 Å². The number of carbonyl (C=O) groups is 1. The number of alkyl halides is 2. The molecule has 0 saturated heterocycles. The molecule has 0 radical (unpaired) electrons. The molecule has 1 aromatic rings. The highest BCUT2D eigenvalue weighted by molar-refractivity contribution is 5.92. The van der Waals surface area contributed by atoms with Crippen molar-refractivity contribution in [3.05, 3.63) is 34.4 Å². The number of hydrogen-bond donors (Lipinski definition) is 1. The highest BCUT2D eigenvalue weighted by Gasteiger charge is 2.20. The number of ether oxygens (including phenoxy) is 1. The predicted octanol–water partition coefficient (Wildman–Crippen LogP) is 1.77. The summed E-state index contributed by atoms with van der Waals surface area (Å²) in [5, 5.41) is 17.7. The van der Waals surface area contributed by atoms with Crippen molar-refractivity contribution in [1.82, 2.24) is 0 Å². The Labute approximate surface area is 96.0 Å². The number of nitrogens with zero attached hydrogens (tertiary/aromatic N) is 1. The van der Waals surface area contributed by atoms with E-state index in [2.05, 4.69) is 4.74 Å². The monoisotopic (exact) mass is 241 g/mol. The molecule has 4 nitrogen and oxygen atoms in total. The van der Waals surface area contributed by atoms with E-state index in [4.69, 9.17) is 10.4 Å². The number of methoxy groups -OCH3 is 1. The fraction of sp³-hybridized carbons (Fsp3) is 0.273. The Bertz CT molecular complexity index is 480. The minimum absolute atomic E-state index is 0.0794. The molecule has 0 heterocycles. The van der Waals surface area contributed by atoms with Crippen molar-refractivity contribution < 1.29 is 23.4 Å². The smallest absolute Gasteiger partial charge is 0.339 e. The maximum absolute atomic E-state index is 12.7. The van der Waals surface area contributed by atoms with Crippen LogP contribution >= 0.6 is 0 Å². The quantitative estimate of drug-likeness (QED) is 0.819. The Hall–Kier alpha value is -2.00. The van der Waals surface area contributed by atoms with Crippen LogP contribution in [0.5, 0.6) is 0 Å². The third-order valence-corrected chi connectivity index (χ3v) is 2.21. The molecule has 17 heavy (non-hydrogen) atoms. The van der Waals surface area contributed by atoms with E-state index in [-0.39, 0.29) is 16.7 Å². The summed E-state index contributed by atoms with van der Waals surface area (Å²) in [7, 11) is 1.09. The van der Waals surface area contributed by atoms with Gasteiger partial charge in [-0.05, 0) is 17.7 Å². The van der Waals surface area contributed by atoms with Crippen LogP contribution in [0.2, 0.25) is 0 Å². The standard InChI is InChI=1S/C11H9F2NO3/c1-17-11(16)9-3-8(10(12)13)7(5-15)2-6(9)4-14/h2-3,10,15H,5H2,1H3. The first-order valence-corrected chi connectivity index (χ1v) is 4.59. The molecule has 0 amide bonds. The highest BCUT2D eigenvalue weighted by atomic mass is 19.3. The third-order valence-electron chi connectivity index (χ3n) is 2.21. The topological polar surface area (TPSA) is 70.3 Å². The average molecular weight is 241 g/mol. The van der Waals surface area contributed by atoms with Crippen LogP contribution in [0, 0.1) is 11.3 Å². The van der Waals surface area contributed by atoms with Gasteiger partial charge in [-0.25, -0.2) is 13.6 Å². The van der Waals surface area contributed by atoms with Gasteiger partial charge in [-0.1, -0.05) is 0 Å². The van der Waals surface area contributed by atoms with E-state index in [0.29, 0.717) is 0 Å².